The highest BCUT2D eigenvalue weighted by Gasteiger charge is 2.42. The van der Waals surface area contributed by atoms with E-state index in [2.05, 4.69) is 37.9 Å². The van der Waals surface area contributed by atoms with Crippen molar-refractivity contribution in [2.24, 2.45) is 11.8 Å². The lowest BCUT2D eigenvalue weighted by Crippen LogP contribution is -2.40. The fourth-order valence-corrected chi connectivity index (χ4v) is 5.50. The Balaban J connectivity index is 1.93. The van der Waals surface area contributed by atoms with Gasteiger partial charge in [-0.15, -0.1) is 0 Å². The molecule has 5 heteroatoms. The number of hydrogen-bond acceptors (Lipinski definition) is 4. The monoisotopic (exact) mass is 394 g/mol. The number of hydrogen-bond donors (Lipinski definition) is 0. The lowest BCUT2D eigenvalue weighted by atomic mass is 9.79. The number of rotatable bonds is 4. The average molecular weight is 395 g/mol. The van der Waals surface area contributed by atoms with Crippen molar-refractivity contribution in [3.05, 3.63) is 41.7 Å². The first-order valence-corrected chi connectivity index (χ1v) is 10.6. The van der Waals surface area contributed by atoms with Crippen LogP contribution in [0.1, 0.15) is 63.0 Å². The van der Waals surface area contributed by atoms with E-state index in [-0.39, 0.29) is 17.8 Å². The molecule has 0 radical (unpaired) electrons. The highest BCUT2D eigenvalue weighted by molar-refractivity contribution is 5.96. The summed E-state index contributed by atoms with van der Waals surface area (Å²) in [5.41, 5.74) is 3.24. The van der Waals surface area contributed by atoms with Crippen LogP contribution in [0, 0.1) is 11.8 Å². The summed E-state index contributed by atoms with van der Waals surface area (Å²) in [5.74, 6) is 1.54. The molecule has 0 spiro atoms. The third kappa shape index (κ3) is 3.17. The molecule has 2 aromatic rings. The van der Waals surface area contributed by atoms with Crippen LogP contribution in [-0.2, 0) is 11.2 Å². The third-order valence-electron chi connectivity index (χ3n) is 6.60. The van der Waals surface area contributed by atoms with Gasteiger partial charge in [-0.05, 0) is 48.2 Å². The summed E-state index contributed by atoms with van der Waals surface area (Å²) in [4.78, 5) is 26.7. The molecule has 0 fully saturated rings. The van der Waals surface area contributed by atoms with E-state index in [0.29, 0.717) is 23.6 Å². The van der Waals surface area contributed by atoms with Crippen molar-refractivity contribution >= 4 is 22.8 Å². The van der Waals surface area contributed by atoms with Crippen LogP contribution in [0.25, 0.3) is 10.9 Å². The van der Waals surface area contributed by atoms with Crippen molar-refractivity contribution in [1.82, 2.24) is 9.47 Å². The Labute approximate surface area is 172 Å². The molecule has 1 aromatic carbocycles. The second kappa shape index (κ2) is 7.36. The second-order valence-corrected chi connectivity index (χ2v) is 8.65. The Bertz CT molecular complexity index is 1000. The van der Waals surface area contributed by atoms with Crippen molar-refractivity contribution in [1.29, 1.82) is 0 Å². The number of nitrogens with zero attached hydrogens (tertiary/aromatic N) is 2. The number of ether oxygens (including phenoxy) is 1. The van der Waals surface area contributed by atoms with E-state index in [1.165, 1.54) is 12.5 Å². The van der Waals surface area contributed by atoms with Crippen molar-refractivity contribution in [3.63, 3.8) is 0 Å². The minimum atomic E-state index is -0.336. The van der Waals surface area contributed by atoms with Gasteiger partial charge in [0.15, 0.2) is 0 Å². The van der Waals surface area contributed by atoms with Crippen molar-refractivity contribution < 1.29 is 14.3 Å². The van der Waals surface area contributed by atoms with E-state index < -0.39 is 0 Å². The maximum absolute atomic E-state index is 12.8. The van der Waals surface area contributed by atoms with Crippen LogP contribution >= 0.6 is 0 Å². The summed E-state index contributed by atoms with van der Waals surface area (Å²) < 4.78 is 7.22. The van der Waals surface area contributed by atoms with Crippen molar-refractivity contribution in [2.45, 2.75) is 59.4 Å². The molecule has 3 heterocycles. The maximum Gasteiger partial charge on any atom is 0.308 e. The van der Waals surface area contributed by atoms with Crippen LogP contribution < -0.4 is 4.74 Å². The Morgan fingerprint density at radius 3 is 2.62 bits per heavy atom. The summed E-state index contributed by atoms with van der Waals surface area (Å²) in [7, 11) is 0. The van der Waals surface area contributed by atoms with Crippen LogP contribution in [0.2, 0.25) is 0 Å². The molecular weight excluding hydrogens is 364 g/mol. The van der Waals surface area contributed by atoms with Gasteiger partial charge in [-0.2, -0.15) is 0 Å². The Morgan fingerprint density at radius 2 is 2.00 bits per heavy atom. The molecule has 0 saturated carbocycles. The number of aromatic nitrogens is 1. The van der Waals surface area contributed by atoms with Crippen LogP contribution in [0.15, 0.2) is 30.5 Å². The molecule has 4 rings (SSSR count). The highest BCUT2D eigenvalue weighted by atomic mass is 16.5. The molecule has 2 aliphatic rings. The van der Waals surface area contributed by atoms with Gasteiger partial charge < -0.3 is 9.64 Å². The smallest absolute Gasteiger partial charge is 0.308 e. The zero-order valence-corrected chi connectivity index (χ0v) is 17.9. The van der Waals surface area contributed by atoms with E-state index >= 15 is 0 Å². The zero-order chi connectivity index (χ0) is 20.9. The van der Waals surface area contributed by atoms with E-state index in [0.717, 1.165) is 36.0 Å². The normalized spacial score (nSPS) is 21.4. The summed E-state index contributed by atoms with van der Waals surface area (Å²) >= 11 is 0. The molecule has 2 bridgehead atoms. The second-order valence-electron chi connectivity index (χ2n) is 8.65. The number of benzene rings is 1. The standard InChI is InChI=1S/C24H30N2O3/c1-6-18(14(2)3)23-20-10-12-25(23)11-9-19-21-13-17(29-16(5)28)7-8-22(21)26(15(4)27)24(19)20/h7-8,10,12-14,18,20,23H,6,9,11H2,1-5H3/t18-,20+,23?/m0/s1. The van der Waals surface area contributed by atoms with E-state index in [4.69, 9.17) is 4.74 Å². The van der Waals surface area contributed by atoms with Gasteiger partial charge in [0, 0.05) is 43.4 Å². The van der Waals surface area contributed by atoms with E-state index in [1.807, 2.05) is 16.7 Å². The molecule has 0 N–H and O–H groups in total. The van der Waals surface area contributed by atoms with Gasteiger partial charge in [0.1, 0.15) is 5.75 Å². The molecule has 5 nitrogen and oxygen atoms in total. The van der Waals surface area contributed by atoms with Gasteiger partial charge in [0.25, 0.3) is 0 Å². The quantitative estimate of drug-likeness (QED) is 0.555. The summed E-state index contributed by atoms with van der Waals surface area (Å²) in [6, 6.07) is 5.98. The van der Waals surface area contributed by atoms with Crippen molar-refractivity contribution in [3.8, 4) is 5.75 Å². The zero-order valence-electron chi connectivity index (χ0n) is 17.9. The largest absolute Gasteiger partial charge is 0.427 e. The average Bonchev–Trinajstić information content (AvgIpc) is 3.12. The molecular formula is C24H30N2O3. The highest BCUT2D eigenvalue weighted by Crippen LogP contribution is 2.45. The van der Waals surface area contributed by atoms with Gasteiger partial charge >= 0.3 is 5.97 Å². The lowest BCUT2D eigenvalue weighted by molar-refractivity contribution is -0.131. The van der Waals surface area contributed by atoms with Crippen LogP contribution in [-0.4, -0.2) is 33.9 Å². The Morgan fingerprint density at radius 1 is 1.24 bits per heavy atom. The van der Waals surface area contributed by atoms with Gasteiger partial charge in [-0.1, -0.05) is 33.3 Å². The molecule has 29 heavy (non-hydrogen) atoms. The Hall–Kier alpha value is -2.56. The molecule has 154 valence electrons. The van der Waals surface area contributed by atoms with Gasteiger partial charge in [-0.3, -0.25) is 14.2 Å². The number of esters is 1. The van der Waals surface area contributed by atoms with Crippen LogP contribution in [0.5, 0.6) is 5.75 Å². The number of fused-ring (bicyclic) bond motifs is 6. The fourth-order valence-electron chi connectivity index (χ4n) is 5.50. The van der Waals surface area contributed by atoms with Crippen molar-refractivity contribution in [2.75, 3.05) is 6.54 Å². The minimum Gasteiger partial charge on any atom is -0.427 e. The first kappa shape index (κ1) is 19.7. The van der Waals surface area contributed by atoms with Gasteiger partial charge in [0.2, 0.25) is 5.91 Å². The predicted octanol–water partition coefficient (Wildman–Crippen LogP) is 4.75. The molecule has 1 unspecified atom stereocenters. The SMILES string of the molecule is CC[C@@H](C(C)C)C1[C@H]2C=CN1CCc1c2n(C(C)=O)c2ccc(OC(C)=O)cc12. The fraction of sp³-hybridized carbons (Fsp3) is 0.500. The molecule has 0 aliphatic carbocycles. The van der Waals surface area contributed by atoms with Gasteiger partial charge in [-0.25, -0.2) is 0 Å². The predicted molar refractivity (Wildman–Crippen MR) is 114 cm³/mol. The summed E-state index contributed by atoms with van der Waals surface area (Å²) in [6.07, 6.45) is 6.50. The first-order chi connectivity index (χ1) is 13.8. The topological polar surface area (TPSA) is 51.5 Å². The molecule has 2 aliphatic heterocycles. The maximum atomic E-state index is 12.8. The van der Waals surface area contributed by atoms with E-state index in [1.54, 1.807) is 13.0 Å². The molecule has 1 aromatic heterocycles. The van der Waals surface area contributed by atoms with Gasteiger partial charge in [0.05, 0.1) is 5.52 Å². The lowest BCUT2D eigenvalue weighted by Gasteiger charge is -2.37. The molecule has 0 amide bonds. The minimum absolute atomic E-state index is 0.0292. The molecule has 0 saturated heterocycles. The number of carbonyl (C=O) groups excluding carboxylic acids is 2. The number of carbonyl (C=O) groups is 2. The summed E-state index contributed by atoms with van der Waals surface area (Å²) in [5, 5.41) is 1.02. The van der Waals surface area contributed by atoms with E-state index in [9.17, 15) is 9.59 Å². The first-order valence-electron chi connectivity index (χ1n) is 10.6. The molecule has 3 atom stereocenters. The summed E-state index contributed by atoms with van der Waals surface area (Å²) in [6.45, 7) is 10.8. The van der Waals surface area contributed by atoms with Crippen LogP contribution in [0.3, 0.4) is 0 Å². The van der Waals surface area contributed by atoms with Crippen LogP contribution in [0.4, 0.5) is 0 Å². The third-order valence-corrected chi connectivity index (χ3v) is 6.60. The Kier molecular flexibility index (Phi) is 5.01.